The summed E-state index contributed by atoms with van der Waals surface area (Å²) >= 11 is 0. The van der Waals surface area contributed by atoms with E-state index in [9.17, 15) is 61.0 Å². The third-order valence-corrected chi connectivity index (χ3v) is 22.4. The molecule has 112 heavy (non-hydrogen) atoms. The first-order valence-electron chi connectivity index (χ1n) is 45.8. The second kappa shape index (κ2) is 72.0. The van der Waals surface area contributed by atoms with Gasteiger partial charge in [0.05, 0.1) is 38.6 Å². The molecule has 17 atom stereocenters. The van der Waals surface area contributed by atoms with E-state index in [1.165, 1.54) is 263 Å². The number of hydrogen-bond donors (Lipinski definition) is 12. The SMILES string of the molecule is CC/C=C\C/C=C\C/C=C\C/C=C\CCCCCCCCCCCCCCCCCCCCCCCCCCCCC(=O)NC(COC1OC(CO)C(OC2OC(CO)C(OC3OC(CO)C(O)C(O)C3O)C(O)C2O)C(O)C1O)C(O)/C=C/CC/C=C/CC/C=C/CCCCCCCCCCCCCCCCCCCC. The molecule has 3 aliphatic rings. The molecule has 17 unspecified atom stereocenters. The number of rotatable bonds is 74. The number of aliphatic hydroxyl groups is 11. The summed E-state index contributed by atoms with van der Waals surface area (Å²) in [6, 6.07) is -1.00. The van der Waals surface area contributed by atoms with E-state index in [4.69, 9.17) is 28.4 Å². The Labute approximate surface area is 680 Å². The van der Waals surface area contributed by atoms with E-state index in [2.05, 4.69) is 92.1 Å². The largest absolute Gasteiger partial charge is 0.394 e. The maximum absolute atomic E-state index is 13.5. The highest BCUT2D eigenvalue weighted by atomic mass is 16.8. The number of unbranched alkanes of at least 4 members (excludes halogenated alkanes) is 46. The van der Waals surface area contributed by atoms with Crippen LogP contribution in [0.2, 0.25) is 0 Å². The minimum Gasteiger partial charge on any atom is -0.394 e. The van der Waals surface area contributed by atoms with Crippen molar-refractivity contribution in [2.45, 2.75) is 471 Å². The van der Waals surface area contributed by atoms with E-state index in [-0.39, 0.29) is 18.9 Å². The molecule has 0 aromatic rings. The number of amides is 1. The third kappa shape index (κ3) is 50.0. The van der Waals surface area contributed by atoms with Gasteiger partial charge in [-0.1, -0.05) is 362 Å². The number of nitrogens with one attached hydrogen (secondary N) is 1. The van der Waals surface area contributed by atoms with Crippen molar-refractivity contribution in [2.24, 2.45) is 0 Å². The van der Waals surface area contributed by atoms with Crippen LogP contribution in [0.1, 0.15) is 367 Å². The normalized spacial score (nSPS) is 25.3. The van der Waals surface area contributed by atoms with E-state index in [1.807, 2.05) is 6.08 Å². The first-order valence-corrected chi connectivity index (χ1v) is 45.8. The Bertz CT molecular complexity index is 2350. The molecule has 652 valence electrons. The lowest BCUT2D eigenvalue weighted by molar-refractivity contribution is -0.379. The summed E-state index contributed by atoms with van der Waals surface area (Å²) in [6.45, 7) is 1.65. The van der Waals surface area contributed by atoms with Crippen molar-refractivity contribution in [3.63, 3.8) is 0 Å². The summed E-state index contributed by atoms with van der Waals surface area (Å²) in [7, 11) is 0. The second-order valence-electron chi connectivity index (χ2n) is 32.4. The van der Waals surface area contributed by atoms with Gasteiger partial charge >= 0.3 is 0 Å². The van der Waals surface area contributed by atoms with Gasteiger partial charge in [-0.2, -0.15) is 0 Å². The quantitative estimate of drug-likeness (QED) is 0.0199. The highest BCUT2D eigenvalue weighted by molar-refractivity contribution is 5.76. The van der Waals surface area contributed by atoms with Crippen LogP contribution >= 0.6 is 0 Å². The molecule has 12 N–H and O–H groups in total. The zero-order valence-corrected chi connectivity index (χ0v) is 70.4. The van der Waals surface area contributed by atoms with Crippen LogP contribution in [0.5, 0.6) is 0 Å². The summed E-state index contributed by atoms with van der Waals surface area (Å²) in [5.41, 5.74) is 0. The van der Waals surface area contributed by atoms with E-state index in [0.29, 0.717) is 12.8 Å². The van der Waals surface area contributed by atoms with E-state index in [0.717, 1.165) is 70.6 Å². The number of hydrogen-bond acceptors (Lipinski definition) is 18. The Hall–Kier alpha value is -3.03. The van der Waals surface area contributed by atoms with Crippen LogP contribution < -0.4 is 5.32 Å². The molecule has 19 nitrogen and oxygen atoms in total. The Kier molecular flexibility index (Phi) is 66.3. The molecular formula is C93H167NO18. The van der Waals surface area contributed by atoms with Crippen molar-refractivity contribution in [2.75, 3.05) is 26.4 Å². The van der Waals surface area contributed by atoms with Crippen molar-refractivity contribution in [3.05, 3.63) is 85.1 Å². The fraction of sp³-hybridized carbons (Fsp3) is 0.839. The lowest BCUT2D eigenvalue weighted by Gasteiger charge is -2.48. The maximum atomic E-state index is 13.5. The van der Waals surface area contributed by atoms with E-state index >= 15 is 0 Å². The number of carbonyl (C=O) groups excluding carboxylic acids is 1. The minimum absolute atomic E-state index is 0.233. The molecule has 1 amide bonds. The van der Waals surface area contributed by atoms with Gasteiger partial charge in [0.1, 0.15) is 73.2 Å². The zero-order valence-electron chi connectivity index (χ0n) is 70.4. The predicted octanol–water partition coefficient (Wildman–Crippen LogP) is 17.7. The predicted molar refractivity (Wildman–Crippen MR) is 452 cm³/mol. The van der Waals surface area contributed by atoms with Crippen LogP contribution in [0.15, 0.2) is 85.1 Å². The van der Waals surface area contributed by atoms with Crippen LogP contribution in [0.25, 0.3) is 0 Å². The first kappa shape index (κ1) is 103. The Balaban J connectivity index is 1.32. The van der Waals surface area contributed by atoms with Crippen molar-refractivity contribution >= 4 is 5.91 Å². The van der Waals surface area contributed by atoms with Crippen molar-refractivity contribution in [1.82, 2.24) is 5.32 Å². The molecule has 3 rings (SSSR count). The molecule has 0 aromatic heterocycles. The third-order valence-electron chi connectivity index (χ3n) is 22.4. The summed E-state index contributed by atoms with van der Waals surface area (Å²) in [5, 5.41) is 121. The Morgan fingerprint density at radius 1 is 0.330 bits per heavy atom. The summed E-state index contributed by atoms with van der Waals surface area (Å²) < 4.78 is 34.5. The van der Waals surface area contributed by atoms with E-state index < -0.39 is 124 Å². The molecule has 0 spiro atoms. The van der Waals surface area contributed by atoms with Gasteiger partial charge in [-0.05, 0) is 83.5 Å². The molecule has 3 aliphatic heterocycles. The van der Waals surface area contributed by atoms with Gasteiger partial charge in [0.15, 0.2) is 18.9 Å². The highest BCUT2D eigenvalue weighted by Gasteiger charge is 2.54. The molecule has 19 heteroatoms. The van der Waals surface area contributed by atoms with E-state index in [1.54, 1.807) is 6.08 Å². The Morgan fingerprint density at radius 2 is 0.625 bits per heavy atom. The molecular weight excluding hydrogens is 1420 g/mol. The number of carbonyl (C=O) groups is 1. The van der Waals surface area contributed by atoms with Crippen molar-refractivity contribution in [3.8, 4) is 0 Å². The minimum atomic E-state index is -1.99. The van der Waals surface area contributed by atoms with Gasteiger partial charge in [-0.25, -0.2) is 0 Å². The zero-order chi connectivity index (χ0) is 81.0. The monoisotopic (exact) mass is 1590 g/mol. The Morgan fingerprint density at radius 3 is 1.00 bits per heavy atom. The molecule has 0 aliphatic carbocycles. The van der Waals surface area contributed by atoms with Gasteiger partial charge in [0.25, 0.3) is 0 Å². The van der Waals surface area contributed by atoms with Gasteiger partial charge in [0, 0.05) is 6.42 Å². The number of ether oxygens (including phenoxy) is 6. The second-order valence-corrected chi connectivity index (χ2v) is 32.4. The molecule has 3 saturated heterocycles. The lowest BCUT2D eigenvalue weighted by Crippen LogP contribution is -2.66. The summed E-state index contributed by atoms with van der Waals surface area (Å²) in [6.07, 6.45) is 71.8. The van der Waals surface area contributed by atoms with Crippen LogP contribution in [0.4, 0.5) is 0 Å². The van der Waals surface area contributed by atoms with Gasteiger partial charge in [-0.15, -0.1) is 0 Å². The van der Waals surface area contributed by atoms with Crippen LogP contribution in [0.3, 0.4) is 0 Å². The topological polar surface area (TPSA) is 307 Å². The average molecular weight is 1590 g/mol. The first-order chi connectivity index (χ1) is 54.8. The molecule has 3 fully saturated rings. The lowest BCUT2D eigenvalue weighted by atomic mass is 9.96. The van der Waals surface area contributed by atoms with Crippen molar-refractivity contribution in [1.29, 1.82) is 0 Å². The fourth-order valence-corrected chi connectivity index (χ4v) is 15.2. The van der Waals surface area contributed by atoms with Gasteiger partial charge in [-0.3, -0.25) is 4.79 Å². The molecule has 0 radical (unpaired) electrons. The van der Waals surface area contributed by atoms with Crippen LogP contribution in [-0.4, -0.2) is 193 Å². The van der Waals surface area contributed by atoms with Gasteiger partial charge in [0.2, 0.25) is 5.91 Å². The molecule has 0 aromatic carbocycles. The molecule has 3 heterocycles. The molecule has 0 bridgehead atoms. The smallest absolute Gasteiger partial charge is 0.220 e. The average Bonchev–Trinajstić information content (AvgIpc) is 0.780. The van der Waals surface area contributed by atoms with Gasteiger partial charge < -0.3 is 89.9 Å². The highest BCUT2D eigenvalue weighted by Crippen LogP contribution is 2.34. The number of allylic oxidation sites excluding steroid dienone is 13. The molecule has 0 saturated carbocycles. The fourth-order valence-electron chi connectivity index (χ4n) is 15.2. The number of aliphatic hydroxyl groups excluding tert-OH is 11. The van der Waals surface area contributed by atoms with Crippen molar-refractivity contribution < 1.29 is 89.4 Å². The van der Waals surface area contributed by atoms with Crippen LogP contribution in [0, 0.1) is 0 Å². The summed E-state index contributed by atoms with van der Waals surface area (Å²) in [4.78, 5) is 13.5. The standard InChI is InChI=1S/C93H167NO18/c1-3-5-7-9-11-13-15-17-19-21-23-25-27-29-31-33-34-35-36-37-38-39-40-41-42-43-45-47-49-51-53-55-57-59-61-63-65-67-69-71-81(99)94-76(77(98)70-68-66-64-62-60-58-56-54-52-50-48-46-44-32-30-28-26-24-22-20-18-16-14-12-10-8-6-4-2)75-107-91-87(105)84(102)89(79(73-96)109-91)112-93-88(106)85(103)90(80(74-97)110-93)111-92-86(104)83(101)82(100)78(72-95)108-92/h5,7,11,13,17,19,23,25,52,54,60,62,68,70,76-80,82-93,95-98,100-106H,3-4,6,8-10,12,14-16,18,20-22,24,26-51,53,55-59,61,63-67,69,71-75H2,1-2H3,(H,94,99)/b7-5-,13-11-,19-17-,25-23-,54-52+,62-60+,70-68+. The summed E-state index contributed by atoms with van der Waals surface area (Å²) in [5.74, 6) is -0.284. The maximum Gasteiger partial charge on any atom is 0.220 e. The van der Waals surface area contributed by atoms with Crippen LogP contribution in [-0.2, 0) is 33.2 Å².